The van der Waals surface area contributed by atoms with Crippen LogP contribution in [0.4, 0.5) is 9.18 Å². The molecular formula is C14H21FN2O3. The van der Waals surface area contributed by atoms with Crippen LogP contribution in [0.25, 0.3) is 0 Å². The smallest absolute Gasteiger partial charge is 0.407 e. The number of nitrogens with two attached hydrogens (primary N) is 1. The minimum Gasteiger partial charge on any atom is -0.444 e. The molecule has 1 aromatic carbocycles. The topological polar surface area (TPSA) is 73.6 Å². The van der Waals surface area contributed by atoms with E-state index in [0.29, 0.717) is 13.0 Å². The summed E-state index contributed by atoms with van der Waals surface area (Å²) in [6.07, 6.45) is -0.445. The lowest BCUT2D eigenvalue weighted by Gasteiger charge is -2.20. The first kappa shape index (κ1) is 16.4. The largest absolute Gasteiger partial charge is 0.444 e. The number of rotatable bonds is 5. The fourth-order valence-electron chi connectivity index (χ4n) is 1.61. The van der Waals surface area contributed by atoms with E-state index in [1.165, 1.54) is 12.1 Å². The summed E-state index contributed by atoms with van der Waals surface area (Å²) in [5, 5.41) is 2.61. The van der Waals surface area contributed by atoms with Gasteiger partial charge in [-0.1, -0.05) is 12.1 Å². The van der Waals surface area contributed by atoms with Gasteiger partial charge in [0.15, 0.2) is 0 Å². The standard InChI is InChI=1S/C14H21FN2O3/c1-14(2,3)19-13(18)17-9-8-12(20-16)10-4-6-11(15)7-5-10/h4-7,12H,8-9,16H2,1-3H3,(H,17,18). The molecule has 1 aromatic rings. The monoisotopic (exact) mass is 284 g/mol. The Balaban J connectivity index is 2.42. The summed E-state index contributed by atoms with van der Waals surface area (Å²) in [5.74, 6) is 4.90. The second kappa shape index (κ2) is 7.21. The zero-order chi connectivity index (χ0) is 15.2. The Morgan fingerprint density at radius 2 is 1.95 bits per heavy atom. The second-order valence-electron chi connectivity index (χ2n) is 5.39. The Labute approximate surface area is 118 Å². The summed E-state index contributed by atoms with van der Waals surface area (Å²) in [6.45, 7) is 5.71. The first-order chi connectivity index (χ1) is 9.31. The SMILES string of the molecule is CC(C)(C)OC(=O)NCCC(ON)c1ccc(F)cc1. The quantitative estimate of drug-likeness (QED) is 0.815. The van der Waals surface area contributed by atoms with Crippen LogP contribution in [0.5, 0.6) is 0 Å². The molecule has 1 unspecified atom stereocenters. The molecule has 0 aliphatic carbocycles. The molecule has 0 saturated heterocycles. The molecule has 5 nitrogen and oxygen atoms in total. The Morgan fingerprint density at radius 1 is 1.35 bits per heavy atom. The highest BCUT2D eigenvalue weighted by molar-refractivity contribution is 5.67. The van der Waals surface area contributed by atoms with Gasteiger partial charge >= 0.3 is 6.09 Å². The zero-order valence-electron chi connectivity index (χ0n) is 12.0. The van der Waals surface area contributed by atoms with E-state index < -0.39 is 17.8 Å². The first-order valence-electron chi connectivity index (χ1n) is 6.39. The third kappa shape index (κ3) is 5.99. The van der Waals surface area contributed by atoms with Crippen LogP contribution in [0.2, 0.25) is 0 Å². The predicted octanol–water partition coefficient (Wildman–Crippen LogP) is 2.67. The van der Waals surface area contributed by atoms with E-state index >= 15 is 0 Å². The minimum absolute atomic E-state index is 0.323. The lowest BCUT2D eigenvalue weighted by Crippen LogP contribution is -2.33. The van der Waals surface area contributed by atoms with E-state index in [9.17, 15) is 9.18 Å². The molecule has 0 fully saturated rings. The summed E-state index contributed by atoms with van der Waals surface area (Å²) in [4.78, 5) is 16.3. The third-order valence-electron chi connectivity index (χ3n) is 2.48. The van der Waals surface area contributed by atoms with Gasteiger partial charge < -0.3 is 10.1 Å². The lowest BCUT2D eigenvalue weighted by molar-refractivity contribution is 0.0397. The van der Waals surface area contributed by atoms with Crippen molar-refractivity contribution in [3.63, 3.8) is 0 Å². The molecule has 0 bridgehead atoms. The number of hydrogen-bond acceptors (Lipinski definition) is 4. The molecule has 1 atom stereocenters. The van der Waals surface area contributed by atoms with Crippen LogP contribution in [-0.2, 0) is 9.57 Å². The van der Waals surface area contributed by atoms with Gasteiger partial charge in [0, 0.05) is 6.54 Å². The maximum Gasteiger partial charge on any atom is 0.407 e. The molecule has 0 aliphatic heterocycles. The summed E-state index contributed by atoms with van der Waals surface area (Å²) >= 11 is 0. The molecule has 1 amide bonds. The van der Waals surface area contributed by atoms with E-state index in [-0.39, 0.29) is 5.82 Å². The van der Waals surface area contributed by atoms with Crippen molar-refractivity contribution in [1.29, 1.82) is 0 Å². The van der Waals surface area contributed by atoms with Gasteiger partial charge in [-0.05, 0) is 44.9 Å². The number of alkyl carbamates (subject to hydrolysis) is 1. The summed E-state index contributed by atoms with van der Waals surface area (Å²) < 4.78 is 17.9. The Morgan fingerprint density at radius 3 is 2.45 bits per heavy atom. The number of carbonyl (C=O) groups excluding carboxylic acids is 1. The average molecular weight is 284 g/mol. The molecular weight excluding hydrogens is 263 g/mol. The minimum atomic E-state index is -0.537. The van der Waals surface area contributed by atoms with E-state index in [2.05, 4.69) is 5.32 Å². The van der Waals surface area contributed by atoms with Gasteiger partial charge in [-0.3, -0.25) is 4.84 Å². The van der Waals surface area contributed by atoms with Gasteiger partial charge in [0.1, 0.15) is 17.5 Å². The summed E-state index contributed by atoms with van der Waals surface area (Å²) in [6, 6.07) is 5.87. The molecule has 0 heterocycles. The summed E-state index contributed by atoms with van der Waals surface area (Å²) in [7, 11) is 0. The zero-order valence-corrected chi connectivity index (χ0v) is 12.0. The van der Waals surface area contributed by atoms with Crippen LogP contribution < -0.4 is 11.2 Å². The van der Waals surface area contributed by atoms with E-state index in [1.807, 2.05) is 0 Å². The fourth-order valence-corrected chi connectivity index (χ4v) is 1.61. The number of benzene rings is 1. The van der Waals surface area contributed by atoms with Crippen molar-refractivity contribution < 1.29 is 18.8 Å². The maximum absolute atomic E-state index is 12.8. The molecule has 0 saturated carbocycles. The second-order valence-corrected chi connectivity index (χ2v) is 5.39. The van der Waals surface area contributed by atoms with Crippen molar-refractivity contribution >= 4 is 6.09 Å². The highest BCUT2D eigenvalue weighted by atomic mass is 19.1. The van der Waals surface area contributed by atoms with Crippen LogP contribution in [-0.4, -0.2) is 18.2 Å². The van der Waals surface area contributed by atoms with E-state index in [0.717, 1.165) is 5.56 Å². The normalized spacial score (nSPS) is 12.8. The number of halogens is 1. The van der Waals surface area contributed by atoms with Gasteiger partial charge in [0.2, 0.25) is 0 Å². The van der Waals surface area contributed by atoms with Gasteiger partial charge in [0.05, 0.1) is 0 Å². The molecule has 0 aromatic heterocycles. The lowest BCUT2D eigenvalue weighted by atomic mass is 10.1. The van der Waals surface area contributed by atoms with Crippen molar-refractivity contribution in [2.24, 2.45) is 5.90 Å². The van der Waals surface area contributed by atoms with Crippen LogP contribution in [0.1, 0.15) is 38.9 Å². The number of carbonyl (C=O) groups is 1. The maximum atomic E-state index is 12.8. The van der Waals surface area contributed by atoms with Gasteiger partial charge in [-0.2, -0.15) is 0 Å². The fraction of sp³-hybridized carbons (Fsp3) is 0.500. The van der Waals surface area contributed by atoms with Gasteiger partial charge in [-0.25, -0.2) is 15.1 Å². The van der Waals surface area contributed by atoms with Crippen molar-refractivity contribution in [3.8, 4) is 0 Å². The molecule has 112 valence electrons. The van der Waals surface area contributed by atoms with Crippen LogP contribution in [0.15, 0.2) is 24.3 Å². The number of ether oxygens (including phenoxy) is 1. The van der Waals surface area contributed by atoms with Gasteiger partial charge in [-0.15, -0.1) is 0 Å². The highest BCUT2D eigenvalue weighted by Crippen LogP contribution is 2.19. The number of hydrogen-bond donors (Lipinski definition) is 2. The Hall–Kier alpha value is -1.66. The molecule has 20 heavy (non-hydrogen) atoms. The molecule has 0 aliphatic rings. The molecule has 3 N–H and O–H groups in total. The van der Waals surface area contributed by atoms with Crippen molar-refractivity contribution in [2.75, 3.05) is 6.54 Å². The van der Waals surface area contributed by atoms with E-state index in [4.69, 9.17) is 15.5 Å². The molecule has 1 rings (SSSR count). The van der Waals surface area contributed by atoms with Crippen molar-refractivity contribution in [1.82, 2.24) is 5.32 Å². The Kier molecular flexibility index (Phi) is 5.91. The highest BCUT2D eigenvalue weighted by Gasteiger charge is 2.17. The molecule has 6 heteroatoms. The van der Waals surface area contributed by atoms with Crippen molar-refractivity contribution in [2.45, 2.75) is 38.9 Å². The van der Waals surface area contributed by atoms with Crippen LogP contribution >= 0.6 is 0 Å². The molecule has 0 spiro atoms. The van der Waals surface area contributed by atoms with Crippen molar-refractivity contribution in [3.05, 3.63) is 35.6 Å². The van der Waals surface area contributed by atoms with E-state index in [1.54, 1.807) is 32.9 Å². The predicted molar refractivity (Wildman–Crippen MR) is 73.3 cm³/mol. The first-order valence-corrected chi connectivity index (χ1v) is 6.39. The third-order valence-corrected chi connectivity index (χ3v) is 2.48. The molecule has 0 radical (unpaired) electrons. The number of nitrogens with one attached hydrogen (secondary N) is 1. The van der Waals surface area contributed by atoms with Crippen LogP contribution in [0, 0.1) is 5.82 Å². The van der Waals surface area contributed by atoms with Crippen LogP contribution in [0.3, 0.4) is 0 Å². The number of amides is 1. The Bertz CT molecular complexity index is 429. The summed E-state index contributed by atoms with van der Waals surface area (Å²) in [5.41, 5.74) is 0.213. The van der Waals surface area contributed by atoms with Gasteiger partial charge in [0.25, 0.3) is 0 Å². The average Bonchev–Trinajstić information content (AvgIpc) is 2.34.